The molecular formula is C14H15F3N2S. The van der Waals surface area contributed by atoms with Gasteiger partial charge in [-0.3, -0.25) is 0 Å². The molecular weight excluding hydrogens is 285 g/mol. The number of nitrogens with zero attached hydrogens (tertiary/aromatic N) is 1. The van der Waals surface area contributed by atoms with Crippen molar-refractivity contribution < 1.29 is 13.2 Å². The highest BCUT2D eigenvalue weighted by molar-refractivity contribution is 7.07. The van der Waals surface area contributed by atoms with Gasteiger partial charge in [-0.2, -0.15) is 13.2 Å². The molecule has 0 radical (unpaired) electrons. The standard InChI is InChI=1S/C14H15F3N2S/c1-2-18-12(13-8-20-9-19-13)7-10-4-3-5-11(6-10)14(15,16)17/h3-6,8-9,12,18H,2,7H2,1H3. The van der Waals surface area contributed by atoms with Gasteiger partial charge in [-0.25, -0.2) is 4.98 Å². The zero-order chi connectivity index (χ0) is 14.6. The highest BCUT2D eigenvalue weighted by Gasteiger charge is 2.30. The van der Waals surface area contributed by atoms with Gasteiger partial charge in [0.05, 0.1) is 22.8 Å². The van der Waals surface area contributed by atoms with E-state index in [1.165, 1.54) is 23.5 Å². The van der Waals surface area contributed by atoms with E-state index in [-0.39, 0.29) is 6.04 Å². The molecule has 2 rings (SSSR count). The van der Waals surface area contributed by atoms with Crippen LogP contribution in [0.25, 0.3) is 0 Å². The minimum absolute atomic E-state index is 0.0604. The predicted molar refractivity (Wildman–Crippen MR) is 73.7 cm³/mol. The molecule has 0 bridgehead atoms. The predicted octanol–water partition coefficient (Wildman–Crippen LogP) is 4.06. The summed E-state index contributed by atoms with van der Waals surface area (Å²) in [5.74, 6) is 0. The topological polar surface area (TPSA) is 24.9 Å². The normalized spacial score (nSPS) is 13.4. The van der Waals surface area contributed by atoms with Gasteiger partial charge in [-0.1, -0.05) is 25.1 Å². The second kappa shape index (κ2) is 6.37. The first-order chi connectivity index (χ1) is 9.50. The van der Waals surface area contributed by atoms with Crippen LogP contribution in [0.15, 0.2) is 35.2 Å². The highest BCUT2D eigenvalue weighted by Crippen LogP contribution is 2.30. The first kappa shape index (κ1) is 15.0. The molecule has 108 valence electrons. The Bertz CT molecular complexity index is 538. The molecule has 0 aliphatic heterocycles. The molecule has 1 aromatic heterocycles. The minimum atomic E-state index is -4.30. The van der Waals surface area contributed by atoms with E-state index in [0.717, 1.165) is 18.3 Å². The molecule has 1 N–H and O–H groups in total. The number of benzene rings is 1. The van der Waals surface area contributed by atoms with Crippen molar-refractivity contribution in [3.05, 3.63) is 52.0 Å². The van der Waals surface area contributed by atoms with Crippen LogP contribution in [-0.4, -0.2) is 11.5 Å². The molecule has 1 atom stereocenters. The van der Waals surface area contributed by atoms with Gasteiger partial charge < -0.3 is 5.32 Å². The van der Waals surface area contributed by atoms with Gasteiger partial charge in [0, 0.05) is 5.38 Å². The quantitative estimate of drug-likeness (QED) is 0.901. The van der Waals surface area contributed by atoms with Gasteiger partial charge in [-0.05, 0) is 24.6 Å². The van der Waals surface area contributed by atoms with Crippen molar-refractivity contribution in [1.29, 1.82) is 0 Å². The van der Waals surface area contributed by atoms with Crippen LogP contribution in [0.2, 0.25) is 0 Å². The Kier molecular flexibility index (Phi) is 4.77. The third kappa shape index (κ3) is 3.80. The lowest BCUT2D eigenvalue weighted by molar-refractivity contribution is -0.137. The number of nitrogens with one attached hydrogen (secondary N) is 1. The Morgan fingerprint density at radius 2 is 2.15 bits per heavy atom. The van der Waals surface area contributed by atoms with Crippen molar-refractivity contribution in [1.82, 2.24) is 10.3 Å². The maximum absolute atomic E-state index is 12.7. The molecule has 2 aromatic rings. The first-order valence-electron chi connectivity index (χ1n) is 6.28. The summed E-state index contributed by atoms with van der Waals surface area (Å²) in [7, 11) is 0. The van der Waals surface area contributed by atoms with E-state index >= 15 is 0 Å². The van der Waals surface area contributed by atoms with Crippen LogP contribution in [0.1, 0.15) is 29.8 Å². The second-order valence-electron chi connectivity index (χ2n) is 4.43. The summed E-state index contributed by atoms with van der Waals surface area (Å²) in [5, 5.41) is 5.17. The zero-order valence-corrected chi connectivity index (χ0v) is 11.8. The summed E-state index contributed by atoms with van der Waals surface area (Å²) in [4.78, 5) is 4.24. The number of aromatic nitrogens is 1. The maximum Gasteiger partial charge on any atom is 0.416 e. The van der Waals surface area contributed by atoms with E-state index in [1.54, 1.807) is 11.6 Å². The molecule has 0 spiro atoms. The molecule has 1 unspecified atom stereocenters. The van der Waals surface area contributed by atoms with Gasteiger partial charge in [0.15, 0.2) is 0 Å². The van der Waals surface area contributed by atoms with Gasteiger partial charge in [-0.15, -0.1) is 11.3 Å². The van der Waals surface area contributed by atoms with Gasteiger partial charge >= 0.3 is 6.18 Å². The average molecular weight is 300 g/mol. The van der Waals surface area contributed by atoms with E-state index < -0.39 is 11.7 Å². The Labute approximate surface area is 119 Å². The summed E-state index contributed by atoms with van der Waals surface area (Å²) in [6, 6.07) is 5.40. The van der Waals surface area contributed by atoms with Crippen molar-refractivity contribution in [3.8, 4) is 0 Å². The molecule has 0 saturated heterocycles. The zero-order valence-electron chi connectivity index (χ0n) is 10.9. The van der Waals surface area contributed by atoms with E-state index in [4.69, 9.17) is 0 Å². The van der Waals surface area contributed by atoms with Crippen LogP contribution in [0.4, 0.5) is 13.2 Å². The molecule has 6 heteroatoms. The van der Waals surface area contributed by atoms with Crippen LogP contribution in [-0.2, 0) is 12.6 Å². The number of halogens is 3. The van der Waals surface area contributed by atoms with E-state index in [9.17, 15) is 13.2 Å². The van der Waals surface area contributed by atoms with E-state index in [1.807, 2.05) is 12.3 Å². The Hall–Kier alpha value is -1.40. The first-order valence-corrected chi connectivity index (χ1v) is 7.22. The number of thiazole rings is 1. The van der Waals surface area contributed by atoms with E-state index in [2.05, 4.69) is 10.3 Å². The summed E-state index contributed by atoms with van der Waals surface area (Å²) in [6.07, 6.45) is -3.81. The van der Waals surface area contributed by atoms with Crippen LogP contribution in [0.5, 0.6) is 0 Å². The fourth-order valence-electron chi connectivity index (χ4n) is 2.03. The molecule has 1 heterocycles. The van der Waals surface area contributed by atoms with Crippen LogP contribution >= 0.6 is 11.3 Å². The third-order valence-electron chi connectivity index (χ3n) is 2.95. The van der Waals surface area contributed by atoms with Gasteiger partial charge in [0.1, 0.15) is 0 Å². The van der Waals surface area contributed by atoms with Crippen LogP contribution in [0.3, 0.4) is 0 Å². The van der Waals surface area contributed by atoms with Crippen LogP contribution in [0, 0.1) is 0 Å². The largest absolute Gasteiger partial charge is 0.416 e. The smallest absolute Gasteiger partial charge is 0.309 e. The lowest BCUT2D eigenvalue weighted by Gasteiger charge is -2.16. The maximum atomic E-state index is 12.7. The molecule has 0 aliphatic carbocycles. The van der Waals surface area contributed by atoms with Crippen molar-refractivity contribution in [3.63, 3.8) is 0 Å². The Morgan fingerprint density at radius 1 is 1.35 bits per heavy atom. The van der Waals surface area contributed by atoms with Gasteiger partial charge in [0.2, 0.25) is 0 Å². The van der Waals surface area contributed by atoms with Crippen molar-refractivity contribution >= 4 is 11.3 Å². The summed E-state index contributed by atoms with van der Waals surface area (Å²) < 4.78 is 38.1. The second-order valence-corrected chi connectivity index (χ2v) is 5.14. The van der Waals surface area contributed by atoms with E-state index in [0.29, 0.717) is 12.0 Å². The number of hydrogen-bond acceptors (Lipinski definition) is 3. The molecule has 1 aromatic carbocycles. The summed E-state index contributed by atoms with van der Waals surface area (Å²) in [6.45, 7) is 2.70. The highest BCUT2D eigenvalue weighted by atomic mass is 32.1. The molecule has 0 fully saturated rings. The fourth-order valence-corrected chi connectivity index (χ4v) is 2.64. The Morgan fingerprint density at radius 3 is 2.75 bits per heavy atom. The number of rotatable bonds is 5. The lowest BCUT2D eigenvalue weighted by Crippen LogP contribution is -2.23. The molecule has 0 aliphatic rings. The summed E-state index contributed by atoms with van der Waals surface area (Å²) >= 11 is 1.48. The monoisotopic (exact) mass is 300 g/mol. The SMILES string of the molecule is CCNC(Cc1cccc(C(F)(F)F)c1)c1cscn1. The number of hydrogen-bond donors (Lipinski definition) is 1. The minimum Gasteiger partial charge on any atom is -0.309 e. The summed E-state index contributed by atoms with van der Waals surface area (Å²) in [5.41, 5.74) is 2.64. The van der Waals surface area contributed by atoms with Crippen molar-refractivity contribution in [2.75, 3.05) is 6.54 Å². The molecule has 20 heavy (non-hydrogen) atoms. The average Bonchev–Trinajstić information content (AvgIpc) is 2.91. The third-order valence-corrected chi connectivity index (χ3v) is 3.56. The number of likely N-dealkylation sites (N-methyl/N-ethyl adjacent to an activating group) is 1. The van der Waals surface area contributed by atoms with Gasteiger partial charge in [0.25, 0.3) is 0 Å². The lowest BCUT2D eigenvalue weighted by atomic mass is 10.0. The molecule has 0 amide bonds. The fraction of sp³-hybridized carbons (Fsp3) is 0.357. The molecule has 2 nitrogen and oxygen atoms in total. The van der Waals surface area contributed by atoms with Crippen LogP contribution < -0.4 is 5.32 Å². The van der Waals surface area contributed by atoms with Crippen molar-refractivity contribution in [2.24, 2.45) is 0 Å². The number of alkyl halides is 3. The molecule has 0 saturated carbocycles. The van der Waals surface area contributed by atoms with Crippen molar-refractivity contribution in [2.45, 2.75) is 25.6 Å². The Balaban J connectivity index is 2.19.